The van der Waals surface area contributed by atoms with Crippen LogP contribution >= 0.6 is 0 Å². The molecule has 11 nitrogen and oxygen atoms in total. The van der Waals surface area contributed by atoms with Crippen molar-refractivity contribution in [1.82, 2.24) is 23.7 Å². The zero-order chi connectivity index (χ0) is 31.5. The number of aliphatic hydroxyl groups excluding tert-OH is 1. The van der Waals surface area contributed by atoms with Crippen LogP contribution in [0.25, 0.3) is 22.5 Å². The van der Waals surface area contributed by atoms with Gasteiger partial charge in [-0.25, -0.2) is 9.97 Å². The number of nitrogens with zero attached hydrogens (tertiary/aromatic N) is 5. The van der Waals surface area contributed by atoms with Crippen molar-refractivity contribution in [2.75, 3.05) is 0 Å². The fourth-order valence-corrected chi connectivity index (χ4v) is 5.70. The fraction of sp³-hybridized carbons (Fsp3) is 0.206. The fourth-order valence-electron chi connectivity index (χ4n) is 5.70. The number of carbonyl (C=O) groups excluding carboxylic acids is 1. The van der Waals surface area contributed by atoms with Gasteiger partial charge in [0.05, 0.1) is 61.3 Å². The summed E-state index contributed by atoms with van der Waals surface area (Å²) >= 11 is 0. The van der Waals surface area contributed by atoms with Gasteiger partial charge in [-0.2, -0.15) is 0 Å². The van der Waals surface area contributed by atoms with Gasteiger partial charge in [-0.05, 0) is 66.6 Å². The SMILES string of the molecule is CC(O)Cc1c(-c2ccoc2)ncn1Cc1cc(O)cc(-c2cccn2Cc2ncn(Cc3cccc(O)c3)c2CC(N)=O)c1. The molecule has 0 saturated carbocycles. The minimum Gasteiger partial charge on any atom is -0.508 e. The van der Waals surface area contributed by atoms with Gasteiger partial charge < -0.3 is 39.2 Å². The number of hydrogen-bond acceptors (Lipinski definition) is 7. The van der Waals surface area contributed by atoms with E-state index in [2.05, 4.69) is 9.97 Å². The molecule has 230 valence electrons. The number of primary amides is 1. The summed E-state index contributed by atoms with van der Waals surface area (Å²) in [6.45, 7) is 2.96. The molecule has 45 heavy (non-hydrogen) atoms. The molecule has 5 N–H and O–H groups in total. The molecule has 4 aromatic heterocycles. The van der Waals surface area contributed by atoms with Crippen molar-refractivity contribution in [3.63, 3.8) is 0 Å². The Labute approximate surface area is 259 Å². The standard InChI is InChI=1S/C34H34N6O5/c1-22(41)10-32-34(25-7-9-45-19-25)37-21-40(32)17-24-11-26(14-28(43)13-24)30-6-3-8-38(30)18-29-31(15-33(35)44)39(20-36-29)16-23-4-2-5-27(42)12-23/h2-9,11-14,19-22,41-43H,10,15-18H2,1H3,(H2,35,44). The lowest BCUT2D eigenvalue weighted by atomic mass is 10.1. The summed E-state index contributed by atoms with van der Waals surface area (Å²) < 4.78 is 11.1. The quantitative estimate of drug-likeness (QED) is 0.162. The van der Waals surface area contributed by atoms with E-state index in [0.717, 1.165) is 39.3 Å². The molecule has 6 aromatic rings. The zero-order valence-corrected chi connectivity index (χ0v) is 24.7. The Bertz CT molecular complexity index is 1930. The third-order valence-electron chi connectivity index (χ3n) is 7.64. The normalized spacial score (nSPS) is 12.0. The first-order valence-electron chi connectivity index (χ1n) is 14.6. The molecule has 2 aromatic carbocycles. The van der Waals surface area contributed by atoms with E-state index in [1.165, 1.54) is 0 Å². The van der Waals surface area contributed by atoms with E-state index < -0.39 is 12.0 Å². The van der Waals surface area contributed by atoms with Crippen molar-refractivity contribution in [3.8, 4) is 34.0 Å². The Hall–Kier alpha value is -5.55. The lowest BCUT2D eigenvalue weighted by Crippen LogP contribution is -2.18. The van der Waals surface area contributed by atoms with Crippen molar-refractivity contribution in [2.45, 2.75) is 45.5 Å². The van der Waals surface area contributed by atoms with Gasteiger partial charge in [0.15, 0.2) is 0 Å². The first-order valence-corrected chi connectivity index (χ1v) is 14.6. The van der Waals surface area contributed by atoms with Crippen molar-refractivity contribution >= 4 is 5.91 Å². The number of benzene rings is 2. The number of rotatable bonds is 12. The number of phenols is 2. The smallest absolute Gasteiger partial charge is 0.223 e. The summed E-state index contributed by atoms with van der Waals surface area (Å²) in [5, 5.41) is 30.9. The maximum Gasteiger partial charge on any atom is 0.223 e. The van der Waals surface area contributed by atoms with Crippen LogP contribution < -0.4 is 5.73 Å². The molecule has 0 radical (unpaired) electrons. The Morgan fingerprint density at radius 3 is 2.40 bits per heavy atom. The molecule has 6 rings (SSSR count). The number of phenolic OH excluding ortho intramolecular Hbond substituents is 2. The molecule has 1 amide bonds. The predicted molar refractivity (Wildman–Crippen MR) is 167 cm³/mol. The molecule has 0 saturated heterocycles. The van der Waals surface area contributed by atoms with E-state index in [1.807, 2.05) is 50.2 Å². The van der Waals surface area contributed by atoms with Gasteiger partial charge in [-0.1, -0.05) is 12.1 Å². The highest BCUT2D eigenvalue weighted by molar-refractivity contribution is 5.76. The first kappa shape index (κ1) is 29.5. The largest absolute Gasteiger partial charge is 0.508 e. The first-order chi connectivity index (χ1) is 21.7. The zero-order valence-electron chi connectivity index (χ0n) is 24.7. The second-order valence-corrected chi connectivity index (χ2v) is 11.2. The van der Waals surface area contributed by atoms with E-state index >= 15 is 0 Å². The second kappa shape index (κ2) is 12.6. The lowest BCUT2D eigenvalue weighted by Gasteiger charge is -2.14. The van der Waals surface area contributed by atoms with Gasteiger partial charge in [-0.15, -0.1) is 0 Å². The van der Waals surface area contributed by atoms with Crippen LogP contribution in [0.3, 0.4) is 0 Å². The minimum absolute atomic E-state index is 0.0154. The molecule has 0 aliphatic heterocycles. The van der Waals surface area contributed by atoms with Crippen LogP contribution in [0.15, 0.2) is 96.5 Å². The Morgan fingerprint density at radius 1 is 0.867 bits per heavy atom. The maximum atomic E-state index is 12.0. The third-order valence-corrected chi connectivity index (χ3v) is 7.64. The van der Waals surface area contributed by atoms with Crippen LogP contribution in [-0.2, 0) is 37.3 Å². The van der Waals surface area contributed by atoms with E-state index in [9.17, 15) is 20.1 Å². The van der Waals surface area contributed by atoms with Gasteiger partial charge in [0.1, 0.15) is 11.5 Å². The number of aromatic hydroxyl groups is 2. The van der Waals surface area contributed by atoms with Crippen LogP contribution in [0.5, 0.6) is 11.5 Å². The number of nitrogens with two attached hydrogens (primary N) is 1. The van der Waals surface area contributed by atoms with Gasteiger partial charge >= 0.3 is 0 Å². The highest BCUT2D eigenvalue weighted by atomic mass is 16.3. The molecular formula is C34H34N6O5. The summed E-state index contributed by atoms with van der Waals surface area (Å²) in [5.74, 6) is -0.186. The van der Waals surface area contributed by atoms with Crippen molar-refractivity contribution in [3.05, 3.63) is 120 Å². The van der Waals surface area contributed by atoms with Crippen LogP contribution in [0, 0.1) is 0 Å². The van der Waals surface area contributed by atoms with Gasteiger partial charge in [0, 0.05) is 48.2 Å². The van der Waals surface area contributed by atoms with Gasteiger partial charge in [0.25, 0.3) is 0 Å². The Balaban J connectivity index is 1.29. The van der Waals surface area contributed by atoms with Gasteiger partial charge in [-0.3, -0.25) is 4.79 Å². The van der Waals surface area contributed by atoms with E-state index in [0.29, 0.717) is 37.4 Å². The molecule has 0 spiro atoms. The van der Waals surface area contributed by atoms with E-state index in [4.69, 9.17) is 10.2 Å². The molecule has 0 aliphatic rings. The summed E-state index contributed by atoms with van der Waals surface area (Å²) in [6.07, 6.45) is 8.41. The van der Waals surface area contributed by atoms with Crippen LogP contribution in [0.2, 0.25) is 0 Å². The van der Waals surface area contributed by atoms with Crippen LogP contribution in [0.4, 0.5) is 0 Å². The molecule has 0 bridgehead atoms. The Morgan fingerprint density at radius 2 is 1.64 bits per heavy atom. The predicted octanol–water partition coefficient (Wildman–Crippen LogP) is 4.32. The molecule has 11 heteroatoms. The number of imidazole rings is 2. The average molecular weight is 607 g/mol. The number of hydrogen-bond donors (Lipinski definition) is 4. The Kier molecular flexibility index (Phi) is 8.26. The number of aromatic nitrogens is 5. The van der Waals surface area contributed by atoms with Crippen molar-refractivity contribution in [1.29, 1.82) is 0 Å². The number of furan rings is 1. The number of aliphatic hydroxyl groups is 1. The summed E-state index contributed by atoms with van der Waals surface area (Å²) in [4.78, 5) is 21.3. The van der Waals surface area contributed by atoms with Crippen LogP contribution in [-0.4, -0.2) is 51.0 Å². The molecular weight excluding hydrogens is 572 g/mol. The lowest BCUT2D eigenvalue weighted by molar-refractivity contribution is -0.117. The van der Waals surface area contributed by atoms with Crippen LogP contribution in [0.1, 0.15) is 35.1 Å². The summed E-state index contributed by atoms with van der Waals surface area (Å²) in [6, 6.07) is 18.1. The average Bonchev–Trinajstić information content (AvgIpc) is 3.79. The van der Waals surface area contributed by atoms with E-state index in [-0.39, 0.29) is 17.9 Å². The van der Waals surface area contributed by atoms with E-state index in [1.54, 1.807) is 62.4 Å². The highest BCUT2D eigenvalue weighted by Gasteiger charge is 2.19. The monoisotopic (exact) mass is 606 g/mol. The minimum atomic E-state index is -0.572. The molecule has 0 aliphatic carbocycles. The topological polar surface area (TPSA) is 157 Å². The van der Waals surface area contributed by atoms with Gasteiger partial charge in [0.2, 0.25) is 5.91 Å². The second-order valence-electron chi connectivity index (χ2n) is 11.2. The third kappa shape index (κ3) is 6.68. The molecule has 0 fully saturated rings. The van der Waals surface area contributed by atoms with Crippen molar-refractivity contribution in [2.24, 2.45) is 5.73 Å². The molecule has 1 unspecified atom stereocenters. The van der Waals surface area contributed by atoms with Crippen molar-refractivity contribution < 1.29 is 24.5 Å². The summed E-state index contributed by atoms with van der Waals surface area (Å²) in [7, 11) is 0. The molecule has 4 heterocycles. The molecule has 1 atom stereocenters. The maximum absolute atomic E-state index is 12.0. The summed E-state index contributed by atoms with van der Waals surface area (Å²) in [5.41, 5.74) is 12.8. The number of carbonyl (C=O) groups is 1. The highest BCUT2D eigenvalue weighted by Crippen LogP contribution is 2.30. The number of amides is 1.